The Morgan fingerprint density at radius 1 is 1.11 bits per heavy atom. The third-order valence-corrected chi connectivity index (χ3v) is 2.97. The van der Waals surface area contributed by atoms with Crippen molar-refractivity contribution in [2.24, 2.45) is 0 Å². The largest absolute Gasteiger partial charge is 0.384 e. The van der Waals surface area contributed by atoms with Crippen LogP contribution in [0.3, 0.4) is 0 Å². The van der Waals surface area contributed by atoms with Crippen LogP contribution in [0.25, 0.3) is 16.6 Å². The molecule has 0 saturated carbocycles. The maximum absolute atomic E-state index is 5.93. The Balaban J connectivity index is 2.40. The van der Waals surface area contributed by atoms with Gasteiger partial charge in [0, 0.05) is 17.1 Å². The lowest BCUT2D eigenvalue weighted by Gasteiger charge is -2.10. The zero-order chi connectivity index (χ0) is 12.7. The van der Waals surface area contributed by atoms with E-state index < -0.39 is 0 Å². The molecule has 0 spiro atoms. The van der Waals surface area contributed by atoms with Gasteiger partial charge in [-0.2, -0.15) is 5.10 Å². The van der Waals surface area contributed by atoms with E-state index in [2.05, 4.69) is 29.1 Å². The van der Waals surface area contributed by atoms with Gasteiger partial charge in [0.15, 0.2) is 0 Å². The standard InChI is InChI=1S/C14H14N4/c1-9-3-4-12-11(7-9)13(8-10(2)17-12)18-14(15)5-6-16-18/h3-8H,15H2,1-2H3. The van der Waals surface area contributed by atoms with Crippen molar-refractivity contribution < 1.29 is 0 Å². The number of rotatable bonds is 1. The molecule has 0 bridgehead atoms. The van der Waals surface area contributed by atoms with Gasteiger partial charge in [-0.3, -0.25) is 4.98 Å². The van der Waals surface area contributed by atoms with Gasteiger partial charge in [0.05, 0.1) is 17.4 Å². The molecule has 18 heavy (non-hydrogen) atoms. The molecule has 0 unspecified atom stereocenters. The number of nitrogens with zero attached hydrogens (tertiary/aromatic N) is 3. The fourth-order valence-electron chi connectivity index (χ4n) is 2.14. The Morgan fingerprint density at radius 2 is 1.94 bits per heavy atom. The van der Waals surface area contributed by atoms with E-state index in [-0.39, 0.29) is 0 Å². The van der Waals surface area contributed by atoms with Crippen LogP contribution in [0.1, 0.15) is 11.3 Å². The SMILES string of the molecule is Cc1ccc2nc(C)cc(-n3nccc3N)c2c1. The average molecular weight is 238 g/mol. The van der Waals surface area contributed by atoms with Gasteiger partial charge in [-0.05, 0) is 32.0 Å². The molecule has 0 aliphatic heterocycles. The molecule has 0 radical (unpaired) electrons. The summed E-state index contributed by atoms with van der Waals surface area (Å²) >= 11 is 0. The van der Waals surface area contributed by atoms with Crippen molar-refractivity contribution in [2.75, 3.05) is 5.73 Å². The second-order valence-corrected chi connectivity index (χ2v) is 4.47. The number of aromatic nitrogens is 3. The van der Waals surface area contributed by atoms with Crippen molar-refractivity contribution in [3.8, 4) is 5.69 Å². The molecule has 0 aliphatic carbocycles. The fourth-order valence-corrected chi connectivity index (χ4v) is 2.14. The molecule has 0 fully saturated rings. The monoisotopic (exact) mass is 238 g/mol. The van der Waals surface area contributed by atoms with Crippen LogP contribution in [-0.2, 0) is 0 Å². The highest BCUT2D eigenvalue weighted by molar-refractivity contribution is 5.88. The van der Waals surface area contributed by atoms with E-state index in [9.17, 15) is 0 Å². The first-order valence-electron chi connectivity index (χ1n) is 5.83. The normalized spacial score (nSPS) is 11.0. The van der Waals surface area contributed by atoms with Gasteiger partial charge < -0.3 is 5.73 Å². The second kappa shape index (κ2) is 3.84. The number of nitrogens with two attached hydrogens (primary N) is 1. The zero-order valence-corrected chi connectivity index (χ0v) is 10.4. The second-order valence-electron chi connectivity index (χ2n) is 4.47. The molecule has 0 atom stereocenters. The molecule has 0 saturated heterocycles. The number of nitrogen functional groups attached to an aromatic ring is 1. The number of fused-ring (bicyclic) bond motifs is 1. The smallest absolute Gasteiger partial charge is 0.127 e. The Kier molecular flexibility index (Phi) is 2.30. The van der Waals surface area contributed by atoms with Crippen molar-refractivity contribution in [2.45, 2.75) is 13.8 Å². The molecule has 3 rings (SSSR count). The van der Waals surface area contributed by atoms with E-state index in [1.54, 1.807) is 16.9 Å². The lowest BCUT2D eigenvalue weighted by atomic mass is 10.1. The van der Waals surface area contributed by atoms with Gasteiger partial charge in [0.1, 0.15) is 5.82 Å². The summed E-state index contributed by atoms with van der Waals surface area (Å²) < 4.78 is 1.75. The molecule has 0 aliphatic rings. The van der Waals surface area contributed by atoms with E-state index in [4.69, 9.17) is 5.73 Å². The quantitative estimate of drug-likeness (QED) is 0.709. The molecule has 2 heterocycles. The van der Waals surface area contributed by atoms with Crippen LogP contribution < -0.4 is 5.73 Å². The van der Waals surface area contributed by atoms with Gasteiger partial charge in [0.2, 0.25) is 0 Å². The number of hydrogen-bond donors (Lipinski definition) is 1. The molecule has 4 nitrogen and oxygen atoms in total. The molecular weight excluding hydrogens is 224 g/mol. The summed E-state index contributed by atoms with van der Waals surface area (Å²) in [4.78, 5) is 4.54. The maximum atomic E-state index is 5.93. The van der Waals surface area contributed by atoms with Gasteiger partial charge in [-0.1, -0.05) is 11.6 Å². The Hall–Kier alpha value is -2.36. The molecule has 90 valence electrons. The number of anilines is 1. The summed E-state index contributed by atoms with van der Waals surface area (Å²) in [6.45, 7) is 4.04. The van der Waals surface area contributed by atoms with Gasteiger partial charge in [0.25, 0.3) is 0 Å². The number of benzene rings is 1. The topological polar surface area (TPSA) is 56.7 Å². The van der Waals surface area contributed by atoms with Crippen molar-refractivity contribution in [3.05, 3.63) is 47.8 Å². The highest BCUT2D eigenvalue weighted by atomic mass is 15.3. The Bertz CT molecular complexity index is 728. The highest BCUT2D eigenvalue weighted by Gasteiger charge is 2.08. The van der Waals surface area contributed by atoms with Crippen LogP contribution in [0.15, 0.2) is 36.5 Å². The molecule has 4 heteroatoms. The van der Waals surface area contributed by atoms with Crippen molar-refractivity contribution >= 4 is 16.7 Å². The van der Waals surface area contributed by atoms with E-state index in [1.807, 2.05) is 19.1 Å². The first-order chi connectivity index (χ1) is 8.65. The molecule has 0 amide bonds. The highest BCUT2D eigenvalue weighted by Crippen LogP contribution is 2.24. The van der Waals surface area contributed by atoms with Crippen molar-refractivity contribution in [1.82, 2.24) is 14.8 Å². The van der Waals surface area contributed by atoms with E-state index in [0.717, 1.165) is 22.3 Å². The Morgan fingerprint density at radius 3 is 2.67 bits per heavy atom. The first kappa shape index (κ1) is 10.8. The minimum Gasteiger partial charge on any atom is -0.384 e. The van der Waals surface area contributed by atoms with Crippen LogP contribution in [0.4, 0.5) is 5.82 Å². The van der Waals surface area contributed by atoms with Gasteiger partial charge in [-0.15, -0.1) is 0 Å². The third-order valence-electron chi connectivity index (χ3n) is 2.97. The minimum atomic E-state index is 0.628. The van der Waals surface area contributed by atoms with E-state index in [1.165, 1.54) is 5.56 Å². The van der Waals surface area contributed by atoms with E-state index >= 15 is 0 Å². The van der Waals surface area contributed by atoms with Crippen LogP contribution in [-0.4, -0.2) is 14.8 Å². The van der Waals surface area contributed by atoms with Crippen molar-refractivity contribution in [1.29, 1.82) is 0 Å². The minimum absolute atomic E-state index is 0.628. The lowest BCUT2D eigenvalue weighted by molar-refractivity contribution is 0.894. The van der Waals surface area contributed by atoms with Crippen molar-refractivity contribution in [3.63, 3.8) is 0 Å². The predicted molar refractivity (Wildman–Crippen MR) is 72.8 cm³/mol. The fraction of sp³-hybridized carbons (Fsp3) is 0.143. The molecule has 3 aromatic rings. The zero-order valence-electron chi connectivity index (χ0n) is 10.4. The Labute approximate surface area is 105 Å². The summed E-state index contributed by atoms with van der Waals surface area (Å²) in [5.74, 6) is 0.628. The average Bonchev–Trinajstić information content (AvgIpc) is 2.75. The molecule has 2 aromatic heterocycles. The summed E-state index contributed by atoms with van der Waals surface area (Å²) in [6, 6.07) is 9.99. The number of aryl methyl sites for hydroxylation is 2. The maximum Gasteiger partial charge on any atom is 0.127 e. The molecule has 1 aromatic carbocycles. The molecular formula is C14H14N4. The van der Waals surface area contributed by atoms with Crippen LogP contribution in [0, 0.1) is 13.8 Å². The van der Waals surface area contributed by atoms with Crippen LogP contribution in [0.2, 0.25) is 0 Å². The summed E-state index contributed by atoms with van der Waals surface area (Å²) in [6.07, 6.45) is 1.70. The number of pyridine rings is 1. The summed E-state index contributed by atoms with van der Waals surface area (Å²) in [5, 5.41) is 5.34. The van der Waals surface area contributed by atoms with Crippen LogP contribution in [0.5, 0.6) is 0 Å². The lowest BCUT2D eigenvalue weighted by Crippen LogP contribution is -2.03. The van der Waals surface area contributed by atoms with Crippen LogP contribution >= 0.6 is 0 Å². The summed E-state index contributed by atoms with van der Waals surface area (Å²) in [5.41, 5.74) is 10.0. The van der Waals surface area contributed by atoms with Gasteiger partial charge in [-0.25, -0.2) is 4.68 Å². The third kappa shape index (κ3) is 1.62. The molecule has 2 N–H and O–H groups in total. The summed E-state index contributed by atoms with van der Waals surface area (Å²) in [7, 11) is 0. The first-order valence-corrected chi connectivity index (χ1v) is 5.83. The van der Waals surface area contributed by atoms with E-state index in [0.29, 0.717) is 5.82 Å². The predicted octanol–water partition coefficient (Wildman–Crippen LogP) is 2.62. The van der Waals surface area contributed by atoms with Gasteiger partial charge >= 0.3 is 0 Å². The number of hydrogen-bond acceptors (Lipinski definition) is 3.